The highest BCUT2D eigenvalue weighted by Gasteiger charge is 2.30. The highest BCUT2D eigenvalue weighted by atomic mass is 32.2. The molecule has 1 fully saturated rings. The number of halogens is 2. The normalized spacial score (nSPS) is 15.3. The maximum absolute atomic E-state index is 13.9. The zero-order chi connectivity index (χ0) is 22.8. The number of sulfonamides is 1. The van der Waals surface area contributed by atoms with E-state index in [0.717, 1.165) is 18.2 Å². The second-order valence-electron chi connectivity index (χ2n) is 7.18. The van der Waals surface area contributed by atoms with Crippen molar-refractivity contribution >= 4 is 21.7 Å². The van der Waals surface area contributed by atoms with Crippen LogP contribution in [0.5, 0.6) is 0 Å². The molecule has 3 rings (SSSR count). The summed E-state index contributed by atoms with van der Waals surface area (Å²) in [6.45, 7) is 0.474. The topological polar surface area (TPSA) is 84.0 Å². The van der Waals surface area contributed by atoms with Crippen molar-refractivity contribution in [1.82, 2.24) is 9.37 Å². The maximum atomic E-state index is 13.9. The van der Waals surface area contributed by atoms with Crippen molar-refractivity contribution in [3.63, 3.8) is 0 Å². The van der Waals surface area contributed by atoms with Gasteiger partial charge in [0.1, 0.15) is 11.6 Å². The van der Waals surface area contributed by atoms with Gasteiger partial charge in [-0.05, 0) is 49.2 Å². The van der Waals surface area contributed by atoms with Crippen molar-refractivity contribution in [2.45, 2.75) is 17.7 Å². The van der Waals surface area contributed by atoms with Crippen LogP contribution in [0.15, 0.2) is 47.4 Å². The van der Waals surface area contributed by atoms with Crippen LogP contribution in [-0.4, -0.2) is 56.7 Å². The molecule has 2 aromatic rings. The number of nitrogens with zero attached hydrogens (tertiary/aromatic N) is 2. The van der Waals surface area contributed by atoms with E-state index < -0.39 is 33.4 Å². The van der Waals surface area contributed by atoms with Crippen LogP contribution in [0.2, 0.25) is 0 Å². The third kappa shape index (κ3) is 4.81. The Morgan fingerprint density at radius 2 is 1.77 bits per heavy atom. The molecule has 0 unspecified atom stereocenters. The summed E-state index contributed by atoms with van der Waals surface area (Å²) in [6, 6.07) is 8.36. The summed E-state index contributed by atoms with van der Waals surface area (Å²) >= 11 is 0. The lowest BCUT2D eigenvalue weighted by Gasteiger charge is -2.31. The summed E-state index contributed by atoms with van der Waals surface area (Å²) in [5, 5.41) is 0. The minimum atomic E-state index is -3.90. The number of amides is 1. The van der Waals surface area contributed by atoms with E-state index in [9.17, 15) is 26.8 Å². The summed E-state index contributed by atoms with van der Waals surface area (Å²) < 4.78 is 52.8. The quantitative estimate of drug-likeness (QED) is 0.497. The number of hydrogen-bond acceptors (Lipinski definition) is 5. The Morgan fingerprint density at radius 3 is 2.42 bits per heavy atom. The second-order valence-corrected chi connectivity index (χ2v) is 9.12. The molecule has 2 aromatic carbocycles. The van der Waals surface area contributed by atoms with E-state index in [0.29, 0.717) is 17.3 Å². The lowest BCUT2D eigenvalue weighted by atomic mass is 9.88. The van der Waals surface area contributed by atoms with Crippen LogP contribution < -0.4 is 0 Å². The molecular formula is C21H22F2N2O5S. The largest absolute Gasteiger partial charge is 0.339 e. The predicted octanol–water partition coefficient (Wildman–Crippen LogP) is 2.88. The molecule has 0 bridgehead atoms. The molecule has 0 atom stereocenters. The molecule has 1 amide bonds. The van der Waals surface area contributed by atoms with Crippen LogP contribution in [0.4, 0.5) is 8.78 Å². The molecule has 0 N–H and O–H groups in total. The number of benzene rings is 2. The minimum Gasteiger partial charge on any atom is -0.339 e. The Kier molecular flexibility index (Phi) is 6.83. The van der Waals surface area contributed by atoms with E-state index in [1.807, 2.05) is 0 Å². The number of Topliss-reactive ketones (excluding diaryl/α,β-unsaturated/α-hetero) is 1. The predicted molar refractivity (Wildman–Crippen MR) is 108 cm³/mol. The van der Waals surface area contributed by atoms with Crippen LogP contribution >= 0.6 is 0 Å². The summed E-state index contributed by atoms with van der Waals surface area (Å²) in [6.07, 6.45) is 0.593. The van der Waals surface area contributed by atoms with Gasteiger partial charge in [0.2, 0.25) is 0 Å². The maximum Gasteiger partial charge on any atom is 0.264 e. The molecule has 1 aliphatic heterocycles. The number of hydrogen-bond donors (Lipinski definition) is 0. The van der Waals surface area contributed by atoms with Crippen molar-refractivity contribution in [2.24, 2.45) is 5.92 Å². The fraction of sp³-hybridized carbons (Fsp3) is 0.333. The number of rotatable bonds is 6. The van der Waals surface area contributed by atoms with E-state index in [4.69, 9.17) is 4.84 Å². The SMILES string of the molecule is CON(C)S(=O)(=O)c1cccc(C(=O)N2CCC(C(=O)c3cc(F)ccc3F)CC2)c1. The number of ketones is 1. The Hall–Kier alpha value is -2.69. The van der Waals surface area contributed by atoms with Gasteiger partial charge in [0.05, 0.1) is 17.6 Å². The highest BCUT2D eigenvalue weighted by molar-refractivity contribution is 7.89. The average Bonchev–Trinajstić information content (AvgIpc) is 2.79. The number of hydroxylamine groups is 1. The van der Waals surface area contributed by atoms with Gasteiger partial charge in [0.15, 0.2) is 5.78 Å². The van der Waals surface area contributed by atoms with Crippen molar-refractivity contribution in [3.05, 3.63) is 65.2 Å². The van der Waals surface area contributed by atoms with Crippen molar-refractivity contribution < 1.29 is 31.6 Å². The monoisotopic (exact) mass is 452 g/mol. The second kappa shape index (κ2) is 9.21. The summed E-state index contributed by atoms with van der Waals surface area (Å²) in [5.74, 6) is -2.85. The van der Waals surface area contributed by atoms with Gasteiger partial charge in [-0.3, -0.25) is 14.4 Å². The standard InChI is InChI=1S/C21H22F2N2O5S/c1-24(30-2)31(28,29)17-5-3-4-15(12-17)21(27)25-10-8-14(9-11-25)20(26)18-13-16(22)6-7-19(18)23/h3-7,12-14H,8-11H2,1-2H3. The van der Waals surface area contributed by atoms with Gasteiger partial charge in [-0.2, -0.15) is 0 Å². The molecular weight excluding hydrogens is 430 g/mol. The molecule has 0 aromatic heterocycles. The van der Waals surface area contributed by atoms with Crippen LogP contribution in [0.25, 0.3) is 0 Å². The van der Waals surface area contributed by atoms with Crippen LogP contribution in [0.3, 0.4) is 0 Å². The lowest BCUT2D eigenvalue weighted by Crippen LogP contribution is -2.40. The van der Waals surface area contributed by atoms with Gasteiger partial charge >= 0.3 is 0 Å². The average molecular weight is 452 g/mol. The van der Waals surface area contributed by atoms with E-state index in [-0.39, 0.29) is 35.0 Å². The van der Waals surface area contributed by atoms with Gasteiger partial charge in [-0.25, -0.2) is 17.2 Å². The fourth-order valence-corrected chi connectivity index (χ4v) is 4.49. The first-order valence-corrected chi connectivity index (χ1v) is 11.0. The highest BCUT2D eigenvalue weighted by Crippen LogP contribution is 2.25. The first-order valence-electron chi connectivity index (χ1n) is 9.56. The molecule has 0 saturated carbocycles. The first-order chi connectivity index (χ1) is 14.6. The Morgan fingerprint density at radius 1 is 1.10 bits per heavy atom. The molecule has 166 valence electrons. The summed E-state index contributed by atoms with van der Waals surface area (Å²) in [5.41, 5.74) is -0.100. The zero-order valence-electron chi connectivity index (χ0n) is 17.0. The number of carbonyl (C=O) groups is 2. The molecule has 1 saturated heterocycles. The van der Waals surface area contributed by atoms with Gasteiger partial charge in [0, 0.05) is 31.6 Å². The molecule has 0 aliphatic carbocycles. The van der Waals surface area contributed by atoms with Crippen LogP contribution in [-0.2, 0) is 14.9 Å². The number of carbonyl (C=O) groups excluding carboxylic acids is 2. The zero-order valence-corrected chi connectivity index (χ0v) is 17.9. The van der Waals surface area contributed by atoms with Gasteiger partial charge < -0.3 is 4.90 Å². The van der Waals surface area contributed by atoms with E-state index in [1.54, 1.807) is 0 Å². The molecule has 31 heavy (non-hydrogen) atoms. The molecule has 7 nitrogen and oxygen atoms in total. The van der Waals surface area contributed by atoms with E-state index in [2.05, 4.69) is 0 Å². The Balaban J connectivity index is 1.70. The molecule has 10 heteroatoms. The molecule has 0 radical (unpaired) electrons. The smallest absolute Gasteiger partial charge is 0.264 e. The van der Waals surface area contributed by atoms with Crippen LogP contribution in [0.1, 0.15) is 33.6 Å². The lowest BCUT2D eigenvalue weighted by molar-refractivity contribution is -0.0258. The molecule has 0 spiro atoms. The summed E-state index contributed by atoms with van der Waals surface area (Å²) in [4.78, 5) is 31.6. The fourth-order valence-electron chi connectivity index (χ4n) is 3.47. The number of piperidine rings is 1. The van der Waals surface area contributed by atoms with Crippen molar-refractivity contribution in [2.75, 3.05) is 27.2 Å². The van der Waals surface area contributed by atoms with Crippen LogP contribution in [0, 0.1) is 17.6 Å². The van der Waals surface area contributed by atoms with Gasteiger partial charge in [-0.15, -0.1) is 0 Å². The molecule has 1 heterocycles. The third-order valence-electron chi connectivity index (χ3n) is 5.32. The minimum absolute atomic E-state index is 0.0886. The third-order valence-corrected chi connectivity index (χ3v) is 7.00. The van der Waals surface area contributed by atoms with Gasteiger partial charge in [-0.1, -0.05) is 10.5 Å². The van der Waals surface area contributed by atoms with E-state index >= 15 is 0 Å². The summed E-state index contributed by atoms with van der Waals surface area (Å²) in [7, 11) is -1.45. The first kappa shape index (κ1) is 23.0. The Labute approximate surface area is 179 Å². The van der Waals surface area contributed by atoms with Crippen molar-refractivity contribution in [1.29, 1.82) is 0 Å². The Bertz CT molecular complexity index is 1100. The van der Waals surface area contributed by atoms with E-state index in [1.165, 1.54) is 43.3 Å². The molecule has 1 aliphatic rings. The van der Waals surface area contributed by atoms with Crippen molar-refractivity contribution in [3.8, 4) is 0 Å². The van der Waals surface area contributed by atoms with Gasteiger partial charge in [0.25, 0.3) is 15.9 Å². The number of likely N-dealkylation sites (tertiary alicyclic amines) is 1.